The number of nitrogens with zero attached hydrogens (tertiary/aromatic N) is 2. The zero-order chi connectivity index (χ0) is 27.3. The van der Waals surface area contributed by atoms with Crippen LogP contribution in [-0.4, -0.2) is 4.57 Å². The summed E-state index contributed by atoms with van der Waals surface area (Å²) in [6.45, 7) is 4.26. The second-order valence-corrected chi connectivity index (χ2v) is 10.1. The van der Waals surface area contributed by atoms with E-state index in [0.29, 0.717) is 0 Å². The molecule has 1 aromatic heterocycles. The lowest BCUT2D eigenvalue weighted by molar-refractivity contribution is 1.18. The number of anilines is 3. The Morgan fingerprint density at radius 3 is 1.50 bits per heavy atom. The number of fused-ring (bicyclic) bond motifs is 3. The first-order chi connectivity index (χ1) is 19.7. The van der Waals surface area contributed by atoms with Gasteiger partial charge in [-0.05, 0) is 80.6 Å². The van der Waals surface area contributed by atoms with Crippen molar-refractivity contribution in [3.63, 3.8) is 0 Å². The number of hydrogen-bond acceptors (Lipinski definition) is 1. The maximum Gasteiger partial charge on any atom is 0.0541 e. The quantitative estimate of drug-likeness (QED) is 0.226. The molecule has 6 aromatic carbocycles. The minimum absolute atomic E-state index is 1.17. The van der Waals surface area contributed by atoms with Crippen LogP contribution in [0.2, 0.25) is 0 Å². The third-order valence-electron chi connectivity index (χ3n) is 7.16. The lowest BCUT2D eigenvalue weighted by atomic mass is 10.1. The standard InChI is InChI=1S/C19H15N.C19H17N/c1-14-11-12-19-17(13-14)16-9-5-6-10-18(16)20(19)15-7-3-2-4-8-15;1-16-12-14-19(15-13-16)20(17-8-4-2-5-9-17)18-10-6-3-7-11-18/h2-13H,1H3;2-15H,1H3. The van der Waals surface area contributed by atoms with Gasteiger partial charge in [0.1, 0.15) is 0 Å². The van der Waals surface area contributed by atoms with E-state index < -0.39 is 0 Å². The molecule has 7 rings (SSSR count). The Kier molecular flexibility index (Phi) is 7.15. The van der Waals surface area contributed by atoms with Gasteiger partial charge >= 0.3 is 0 Å². The molecule has 0 bridgehead atoms. The van der Waals surface area contributed by atoms with Crippen LogP contribution >= 0.6 is 0 Å². The number of rotatable bonds is 4. The van der Waals surface area contributed by atoms with Gasteiger partial charge in [0.25, 0.3) is 0 Å². The number of para-hydroxylation sites is 4. The van der Waals surface area contributed by atoms with Crippen molar-refractivity contribution in [2.75, 3.05) is 4.90 Å². The molecule has 0 unspecified atom stereocenters. The molecule has 0 saturated heterocycles. The average molecular weight is 517 g/mol. The van der Waals surface area contributed by atoms with Gasteiger partial charge < -0.3 is 9.47 Å². The third kappa shape index (κ3) is 5.12. The summed E-state index contributed by atoms with van der Waals surface area (Å²) < 4.78 is 2.34. The van der Waals surface area contributed by atoms with Gasteiger partial charge in [0, 0.05) is 33.5 Å². The van der Waals surface area contributed by atoms with E-state index in [1.807, 2.05) is 12.1 Å². The first-order valence-electron chi connectivity index (χ1n) is 13.7. The third-order valence-corrected chi connectivity index (χ3v) is 7.16. The average Bonchev–Trinajstić information content (AvgIpc) is 3.34. The molecule has 0 aliphatic carbocycles. The fraction of sp³-hybridized carbons (Fsp3) is 0.0526. The highest BCUT2D eigenvalue weighted by Crippen LogP contribution is 2.34. The summed E-state index contributed by atoms with van der Waals surface area (Å²) in [5, 5.41) is 2.64. The summed E-state index contributed by atoms with van der Waals surface area (Å²) >= 11 is 0. The van der Waals surface area contributed by atoms with Crippen molar-refractivity contribution < 1.29 is 0 Å². The smallest absolute Gasteiger partial charge is 0.0541 e. The summed E-state index contributed by atoms with van der Waals surface area (Å²) in [4.78, 5) is 2.26. The summed E-state index contributed by atoms with van der Waals surface area (Å²) in [6, 6.07) is 55.3. The van der Waals surface area contributed by atoms with Crippen LogP contribution in [0.25, 0.3) is 27.5 Å². The zero-order valence-corrected chi connectivity index (χ0v) is 22.9. The number of benzene rings is 6. The molecule has 0 aliphatic rings. The van der Waals surface area contributed by atoms with Gasteiger partial charge in [-0.1, -0.05) is 102 Å². The zero-order valence-electron chi connectivity index (χ0n) is 22.9. The van der Waals surface area contributed by atoms with Gasteiger partial charge in [-0.15, -0.1) is 0 Å². The summed E-state index contributed by atoms with van der Waals surface area (Å²) in [5.74, 6) is 0. The molecule has 2 nitrogen and oxygen atoms in total. The minimum atomic E-state index is 1.17. The van der Waals surface area contributed by atoms with Crippen LogP contribution in [0.4, 0.5) is 17.1 Å². The van der Waals surface area contributed by atoms with Gasteiger partial charge in [0.15, 0.2) is 0 Å². The summed E-state index contributed by atoms with van der Waals surface area (Å²) in [7, 11) is 0. The van der Waals surface area contributed by atoms with E-state index in [9.17, 15) is 0 Å². The van der Waals surface area contributed by atoms with Crippen LogP contribution in [0.15, 0.2) is 158 Å². The topological polar surface area (TPSA) is 8.17 Å². The van der Waals surface area contributed by atoms with Crippen molar-refractivity contribution in [3.8, 4) is 5.69 Å². The molecule has 194 valence electrons. The summed E-state index contributed by atoms with van der Waals surface area (Å²) in [5.41, 5.74) is 9.83. The fourth-order valence-corrected chi connectivity index (χ4v) is 5.24. The fourth-order valence-electron chi connectivity index (χ4n) is 5.24. The molecule has 0 fully saturated rings. The van der Waals surface area contributed by atoms with Crippen molar-refractivity contribution in [3.05, 3.63) is 169 Å². The second-order valence-electron chi connectivity index (χ2n) is 10.1. The molecule has 0 aliphatic heterocycles. The molecular weight excluding hydrogens is 484 g/mol. The first-order valence-corrected chi connectivity index (χ1v) is 13.7. The van der Waals surface area contributed by atoms with Gasteiger partial charge in [-0.2, -0.15) is 0 Å². The number of aryl methyl sites for hydroxylation is 2. The molecule has 0 spiro atoms. The summed E-state index contributed by atoms with van der Waals surface area (Å²) in [6.07, 6.45) is 0. The first kappa shape index (κ1) is 25.2. The van der Waals surface area contributed by atoms with Crippen LogP contribution in [0, 0.1) is 13.8 Å². The number of aromatic nitrogens is 1. The van der Waals surface area contributed by atoms with Crippen molar-refractivity contribution in [1.82, 2.24) is 4.57 Å². The SMILES string of the molecule is Cc1ccc(N(c2ccccc2)c2ccccc2)cc1.Cc1ccc2c(c1)c1ccccc1n2-c1ccccc1. The lowest BCUT2D eigenvalue weighted by Crippen LogP contribution is -2.09. The van der Waals surface area contributed by atoms with E-state index in [2.05, 4.69) is 169 Å². The molecule has 1 heterocycles. The van der Waals surface area contributed by atoms with Gasteiger partial charge in [0.2, 0.25) is 0 Å². The monoisotopic (exact) mass is 516 g/mol. The van der Waals surface area contributed by atoms with E-state index in [0.717, 1.165) is 0 Å². The molecule has 2 heteroatoms. The molecule has 0 amide bonds. The van der Waals surface area contributed by atoms with E-state index in [4.69, 9.17) is 0 Å². The Morgan fingerprint density at radius 1 is 0.400 bits per heavy atom. The van der Waals surface area contributed by atoms with Crippen molar-refractivity contribution in [2.45, 2.75) is 13.8 Å². The Labute approximate surface area is 236 Å². The van der Waals surface area contributed by atoms with E-state index in [-0.39, 0.29) is 0 Å². The predicted octanol–water partition coefficient (Wildman–Crippen LogP) is 10.6. The molecule has 40 heavy (non-hydrogen) atoms. The van der Waals surface area contributed by atoms with E-state index in [1.54, 1.807) is 0 Å². The highest BCUT2D eigenvalue weighted by atomic mass is 15.1. The van der Waals surface area contributed by atoms with Crippen molar-refractivity contribution in [1.29, 1.82) is 0 Å². The Morgan fingerprint density at radius 2 is 0.875 bits per heavy atom. The highest BCUT2D eigenvalue weighted by Gasteiger charge is 2.12. The molecule has 7 aromatic rings. The van der Waals surface area contributed by atoms with E-state index >= 15 is 0 Å². The molecular formula is C38H32N2. The molecule has 0 N–H and O–H groups in total. The maximum absolute atomic E-state index is 2.34. The van der Waals surface area contributed by atoms with Crippen LogP contribution in [0.5, 0.6) is 0 Å². The molecule has 0 atom stereocenters. The van der Waals surface area contributed by atoms with Gasteiger partial charge in [0.05, 0.1) is 11.0 Å². The van der Waals surface area contributed by atoms with Crippen LogP contribution < -0.4 is 4.90 Å². The van der Waals surface area contributed by atoms with Crippen LogP contribution in [0.3, 0.4) is 0 Å². The Balaban J connectivity index is 0.000000145. The van der Waals surface area contributed by atoms with Crippen molar-refractivity contribution in [2.24, 2.45) is 0 Å². The maximum atomic E-state index is 2.34. The number of hydrogen-bond donors (Lipinski definition) is 0. The minimum Gasteiger partial charge on any atom is -0.311 e. The second kappa shape index (κ2) is 11.3. The Bertz CT molecular complexity index is 1800. The molecule has 0 saturated carbocycles. The Hall–Kier alpha value is -5.08. The predicted molar refractivity (Wildman–Crippen MR) is 171 cm³/mol. The molecule has 0 radical (unpaired) electrons. The normalized spacial score (nSPS) is 10.8. The van der Waals surface area contributed by atoms with Crippen LogP contribution in [-0.2, 0) is 0 Å². The van der Waals surface area contributed by atoms with E-state index in [1.165, 1.54) is 55.7 Å². The van der Waals surface area contributed by atoms with Gasteiger partial charge in [-0.25, -0.2) is 0 Å². The van der Waals surface area contributed by atoms with Crippen molar-refractivity contribution >= 4 is 38.9 Å². The lowest BCUT2D eigenvalue weighted by Gasteiger charge is -2.25. The highest BCUT2D eigenvalue weighted by molar-refractivity contribution is 6.09. The van der Waals surface area contributed by atoms with Gasteiger partial charge in [-0.3, -0.25) is 0 Å². The van der Waals surface area contributed by atoms with Crippen LogP contribution in [0.1, 0.15) is 11.1 Å². The largest absolute Gasteiger partial charge is 0.311 e.